The molecule has 1 aromatic heterocycles. The lowest BCUT2D eigenvalue weighted by atomic mass is 10.2. The fraction of sp³-hybridized carbons (Fsp3) is 0.231. The lowest BCUT2D eigenvalue weighted by Gasteiger charge is -2.15. The van der Waals surface area contributed by atoms with Crippen LogP contribution in [0.2, 0.25) is 5.02 Å². The van der Waals surface area contributed by atoms with Crippen molar-refractivity contribution in [1.82, 2.24) is 9.88 Å². The fourth-order valence-corrected chi connectivity index (χ4v) is 2.45. The second-order valence-corrected chi connectivity index (χ2v) is 5.52. The van der Waals surface area contributed by atoms with Crippen molar-refractivity contribution in [2.45, 2.75) is 6.54 Å². The smallest absolute Gasteiger partial charge is 0.240 e. The van der Waals surface area contributed by atoms with Crippen LogP contribution in [0.25, 0.3) is 0 Å². The van der Waals surface area contributed by atoms with Gasteiger partial charge in [-0.15, -0.1) is 11.3 Å². The number of anilines is 1. The Morgan fingerprint density at radius 1 is 1.53 bits per heavy atom. The molecule has 0 bridgehead atoms. The van der Waals surface area contributed by atoms with E-state index < -0.39 is 0 Å². The molecule has 0 atom stereocenters. The van der Waals surface area contributed by atoms with Gasteiger partial charge in [-0.05, 0) is 24.7 Å². The predicted octanol–water partition coefficient (Wildman–Crippen LogP) is 2.87. The van der Waals surface area contributed by atoms with Crippen molar-refractivity contribution in [2.75, 3.05) is 18.9 Å². The van der Waals surface area contributed by atoms with Crippen LogP contribution in [0.5, 0.6) is 0 Å². The summed E-state index contributed by atoms with van der Waals surface area (Å²) in [7, 11) is 1.89. The Kier molecular flexibility index (Phi) is 4.90. The average molecular weight is 296 g/mol. The molecule has 0 radical (unpaired) electrons. The number of rotatable bonds is 5. The lowest BCUT2D eigenvalue weighted by Crippen LogP contribution is -2.29. The number of carbonyl (C=O) groups is 1. The molecule has 0 saturated carbocycles. The van der Waals surface area contributed by atoms with Crippen LogP contribution >= 0.6 is 22.9 Å². The van der Waals surface area contributed by atoms with E-state index in [1.807, 2.05) is 41.6 Å². The standard InChI is InChI=1S/C13H14ClN3OS/c1-17(8-10-3-2-4-11(14)7-10)9-12(18)16-13-15-5-6-19-13/h2-7H,8-9H2,1H3,(H,15,16,18). The van der Waals surface area contributed by atoms with Crippen LogP contribution < -0.4 is 5.32 Å². The number of benzene rings is 1. The number of hydrogen-bond donors (Lipinski definition) is 1. The van der Waals surface area contributed by atoms with Gasteiger partial charge in [-0.2, -0.15) is 0 Å². The third-order valence-electron chi connectivity index (χ3n) is 2.43. The molecule has 0 aliphatic rings. The highest BCUT2D eigenvalue weighted by molar-refractivity contribution is 7.13. The second-order valence-electron chi connectivity index (χ2n) is 4.19. The number of halogens is 1. The van der Waals surface area contributed by atoms with Gasteiger partial charge >= 0.3 is 0 Å². The Labute approximate surface area is 121 Å². The molecule has 1 heterocycles. The van der Waals surface area contributed by atoms with E-state index >= 15 is 0 Å². The number of thiazole rings is 1. The first-order valence-electron chi connectivity index (χ1n) is 5.76. The Bertz CT molecular complexity index is 545. The van der Waals surface area contributed by atoms with Gasteiger partial charge in [0, 0.05) is 23.1 Å². The number of carbonyl (C=O) groups excluding carboxylic acids is 1. The lowest BCUT2D eigenvalue weighted by molar-refractivity contribution is -0.117. The summed E-state index contributed by atoms with van der Waals surface area (Å²) in [6.45, 7) is 0.984. The van der Waals surface area contributed by atoms with Gasteiger partial charge in [0.15, 0.2) is 5.13 Å². The molecule has 2 rings (SSSR count). The summed E-state index contributed by atoms with van der Waals surface area (Å²) < 4.78 is 0. The van der Waals surface area contributed by atoms with Crippen molar-refractivity contribution < 1.29 is 4.79 Å². The maximum absolute atomic E-state index is 11.8. The van der Waals surface area contributed by atoms with E-state index in [9.17, 15) is 4.79 Å². The number of hydrogen-bond acceptors (Lipinski definition) is 4. The van der Waals surface area contributed by atoms with Crippen LogP contribution in [0.3, 0.4) is 0 Å². The van der Waals surface area contributed by atoms with Crippen molar-refractivity contribution in [1.29, 1.82) is 0 Å². The fourth-order valence-electron chi connectivity index (χ4n) is 1.69. The van der Waals surface area contributed by atoms with Gasteiger partial charge in [0.2, 0.25) is 5.91 Å². The molecule has 0 fully saturated rings. The number of aromatic nitrogens is 1. The molecule has 1 amide bonds. The Morgan fingerprint density at radius 3 is 3.05 bits per heavy atom. The number of likely N-dealkylation sites (N-methyl/N-ethyl adjacent to an activating group) is 1. The first-order chi connectivity index (χ1) is 9.13. The van der Waals surface area contributed by atoms with Crippen molar-refractivity contribution in [2.24, 2.45) is 0 Å². The van der Waals surface area contributed by atoms with Gasteiger partial charge in [-0.3, -0.25) is 9.69 Å². The summed E-state index contributed by atoms with van der Waals surface area (Å²) >= 11 is 7.33. The molecule has 0 saturated heterocycles. The van der Waals surface area contributed by atoms with E-state index in [1.54, 1.807) is 6.20 Å². The first kappa shape index (κ1) is 14.0. The topological polar surface area (TPSA) is 45.2 Å². The van der Waals surface area contributed by atoms with Crippen LogP contribution in [0.1, 0.15) is 5.56 Å². The molecule has 0 spiro atoms. The van der Waals surface area contributed by atoms with E-state index in [-0.39, 0.29) is 5.91 Å². The highest BCUT2D eigenvalue weighted by Crippen LogP contribution is 2.13. The maximum Gasteiger partial charge on any atom is 0.240 e. The van der Waals surface area contributed by atoms with Gasteiger partial charge in [-0.1, -0.05) is 23.7 Å². The summed E-state index contributed by atoms with van der Waals surface area (Å²) in [6.07, 6.45) is 1.66. The summed E-state index contributed by atoms with van der Waals surface area (Å²) in [5.41, 5.74) is 1.08. The minimum Gasteiger partial charge on any atom is -0.301 e. The third-order valence-corrected chi connectivity index (χ3v) is 3.36. The second kappa shape index (κ2) is 6.65. The summed E-state index contributed by atoms with van der Waals surface area (Å²) in [6, 6.07) is 7.62. The van der Waals surface area contributed by atoms with E-state index in [0.717, 1.165) is 5.56 Å². The number of amides is 1. The molecule has 6 heteroatoms. The van der Waals surface area contributed by atoms with Crippen LogP contribution in [-0.2, 0) is 11.3 Å². The molecule has 0 unspecified atom stereocenters. The Morgan fingerprint density at radius 2 is 2.37 bits per heavy atom. The van der Waals surface area contributed by atoms with Crippen LogP contribution in [0.15, 0.2) is 35.8 Å². The molecule has 4 nitrogen and oxygen atoms in total. The zero-order valence-corrected chi connectivity index (χ0v) is 12.0. The van der Waals surface area contributed by atoms with Gasteiger partial charge in [-0.25, -0.2) is 4.98 Å². The van der Waals surface area contributed by atoms with E-state index in [0.29, 0.717) is 23.2 Å². The minimum atomic E-state index is -0.0699. The zero-order valence-electron chi connectivity index (χ0n) is 10.5. The van der Waals surface area contributed by atoms with Crippen molar-refractivity contribution in [3.05, 3.63) is 46.4 Å². The molecular weight excluding hydrogens is 282 g/mol. The van der Waals surface area contributed by atoms with Crippen LogP contribution in [0.4, 0.5) is 5.13 Å². The molecule has 19 heavy (non-hydrogen) atoms. The maximum atomic E-state index is 11.8. The Balaban J connectivity index is 1.84. The average Bonchev–Trinajstić information content (AvgIpc) is 2.81. The zero-order chi connectivity index (χ0) is 13.7. The highest BCUT2D eigenvalue weighted by atomic mass is 35.5. The van der Waals surface area contributed by atoms with Crippen molar-refractivity contribution >= 4 is 34.0 Å². The number of nitrogens with one attached hydrogen (secondary N) is 1. The van der Waals surface area contributed by atoms with Crippen LogP contribution in [0, 0.1) is 0 Å². The first-order valence-corrected chi connectivity index (χ1v) is 7.01. The third kappa shape index (κ3) is 4.63. The molecule has 0 aliphatic heterocycles. The van der Waals surface area contributed by atoms with Gasteiger partial charge in [0.1, 0.15) is 0 Å². The SMILES string of the molecule is CN(CC(=O)Nc1nccs1)Cc1cccc(Cl)c1. The molecule has 2 aromatic rings. The van der Waals surface area contributed by atoms with E-state index in [4.69, 9.17) is 11.6 Å². The summed E-state index contributed by atoms with van der Waals surface area (Å²) in [5, 5.41) is 5.91. The quantitative estimate of drug-likeness (QED) is 0.922. The molecular formula is C13H14ClN3OS. The highest BCUT2D eigenvalue weighted by Gasteiger charge is 2.08. The van der Waals surface area contributed by atoms with Crippen molar-refractivity contribution in [3.63, 3.8) is 0 Å². The minimum absolute atomic E-state index is 0.0699. The van der Waals surface area contributed by atoms with Crippen molar-refractivity contribution in [3.8, 4) is 0 Å². The number of nitrogens with zero attached hydrogens (tertiary/aromatic N) is 2. The largest absolute Gasteiger partial charge is 0.301 e. The summed E-state index contributed by atoms with van der Waals surface area (Å²) in [4.78, 5) is 17.7. The predicted molar refractivity (Wildman–Crippen MR) is 78.5 cm³/mol. The normalized spacial score (nSPS) is 10.7. The monoisotopic (exact) mass is 295 g/mol. The van der Waals surface area contributed by atoms with Crippen LogP contribution in [-0.4, -0.2) is 29.4 Å². The van der Waals surface area contributed by atoms with Gasteiger partial charge in [0.25, 0.3) is 0 Å². The Hall–Kier alpha value is -1.43. The molecule has 1 aromatic carbocycles. The van der Waals surface area contributed by atoms with E-state index in [2.05, 4.69) is 10.3 Å². The molecule has 1 N–H and O–H groups in total. The molecule has 0 aliphatic carbocycles. The van der Waals surface area contributed by atoms with E-state index in [1.165, 1.54) is 11.3 Å². The van der Waals surface area contributed by atoms with Gasteiger partial charge < -0.3 is 5.32 Å². The molecule has 100 valence electrons. The van der Waals surface area contributed by atoms with Gasteiger partial charge in [0.05, 0.1) is 6.54 Å². The summed E-state index contributed by atoms with van der Waals surface area (Å²) in [5.74, 6) is -0.0699.